The number of amides is 1. The Balaban J connectivity index is 1.82. The van der Waals surface area contributed by atoms with Gasteiger partial charge in [0.15, 0.2) is 0 Å². The van der Waals surface area contributed by atoms with Crippen LogP contribution in [0.4, 0.5) is 5.69 Å². The van der Waals surface area contributed by atoms with E-state index in [1.54, 1.807) is 25.3 Å². The van der Waals surface area contributed by atoms with Crippen molar-refractivity contribution in [2.45, 2.75) is 6.42 Å². The average molecular weight is 482 g/mol. The van der Waals surface area contributed by atoms with Gasteiger partial charge < -0.3 is 10.1 Å². The fourth-order valence-electron chi connectivity index (χ4n) is 2.89. The number of anilines is 1. The second kappa shape index (κ2) is 10.1. The van der Waals surface area contributed by atoms with Crippen LogP contribution in [0.3, 0.4) is 0 Å². The van der Waals surface area contributed by atoms with Gasteiger partial charge in [0.2, 0.25) is 0 Å². The minimum atomic E-state index is -0.473. The number of ether oxygens (including phenoxy) is 1. The molecule has 30 heavy (non-hydrogen) atoms. The third-order valence-corrected chi connectivity index (χ3v) is 5.33. The Labute approximate surface area is 188 Å². The van der Waals surface area contributed by atoms with Crippen molar-refractivity contribution >= 4 is 45.2 Å². The Bertz CT molecular complexity index is 1130. The van der Waals surface area contributed by atoms with Gasteiger partial charge >= 0.3 is 0 Å². The number of carbonyl (C=O) groups is 1. The van der Waals surface area contributed by atoms with Crippen LogP contribution in [-0.2, 0) is 11.2 Å². The van der Waals surface area contributed by atoms with Crippen LogP contribution in [-0.4, -0.2) is 13.0 Å². The van der Waals surface area contributed by atoms with Crippen LogP contribution in [0.5, 0.6) is 5.75 Å². The van der Waals surface area contributed by atoms with E-state index in [-0.39, 0.29) is 5.57 Å². The van der Waals surface area contributed by atoms with Gasteiger partial charge in [-0.25, -0.2) is 0 Å². The summed E-state index contributed by atoms with van der Waals surface area (Å²) in [4.78, 5) is 12.5. The highest BCUT2D eigenvalue weighted by Crippen LogP contribution is 2.27. The summed E-state index contributed by atoms with van der Waals surface area (Å²) in [5.74, 6) is 0.188. The molecule has 4 nitrogen and oxygen atoms in total. The maximum atomic E-state index is 12.5. The van der Waals surface area contributed by atoms with E-state index in [2.05, 4.69) is 21.2 Å². The van der Waals surface area contributed by atoms with Crippen LogP contribution < -0.4 is 10.1 Å². The van der Waals surface area contributed by atoms with Crippen molar-refractivity contribution in [1.82, 2.24) is 0 Å². The molecule has 0 aliphatic heterocycles. The molecule has 3 aromatic carbocycles. The van der Waals surface area contributed by atoms with E-state index < -0.39 is 5.91 Å². The molecule has 1 N–H and O–H groups in total. The Morgan fingerprint density at radius 1 is 1.13 bits per heavy atom. The number of nitrogens with zero attached hydrogens (tertiary/aromatic N) is 1. The third-order valence-electron chi connectivity index (χ3n) is 4.43. The van der Waals surface area contributed by atoms with Gasteiger partial charge in [-0.3, -0.25) is 4.79 Å². The fourth-order valence-corrected chi connectivity index (χ4v) is 3.36. The molecule has 150 valence electrons. The predicted molar refractivity (Wildman–Crippen MR) is 124 cm³/mol. The van der Waals surface area contributed by atoms with Crippen molar-refractivity contribution in [3.05, 3.63) is 98.5 Å². The lowest BCUT2D eigenvalue weighted by Crippen LogP contribution is -2.13. The molecule has 0 unspecified atom stereocenters. The van der Waals surface area contributed by atoms with Crippen molar-refractivity contribution in [2.75, 3.05) is 12.4 Å². The molecule has 0 saturated carbocycles. The van der Waals surface area contributed by atoms with E-state index in [0.29, 0.717) is 28.4 Å². The number of rotatable bonds is 6. The first-order valence-electron chi connectivity index (χ1n) is 9.09. The monoisotopic (exact) mass is 480 g/mol. The number of halogens is 2. The first-order chi connectivity index (χ1) is 14.5. The SMILES string of the molecule is COc1cc(/C=C(\C#N)C(=O)Nc2ccc(Br)cc2)ccc1Cc1ccccc1Cl. The maximum absolute atomic E-state index is 12.5. The molecular formula is C24H18BrClN2O2. The van der Waals surface area contributed by atoms with Gasteiger partial charge in [-0.2, -0.15) is 5.26 Å². The molecule has 0 radical (unpaired) electrons. The van der Waals surface area contributed by atoms with Crippen LogP contribution in [0.2, 0.25) is 5.02 Å². The number of hydrogen-bond donors (Lipinski definition) is 1. The number of nitrogens with one attached hydrogen (secondary N) is 1. The molecule has 0 aliphatic carbocycles. The van der Waals surface area contributed by atoms with Gasteiger partial charge in [0.1, 0.15) is 17.4 Å². The Morgan fingerprint density at radius 2 is 1.87 bits per heavy atom. The van der Waals surface area contributed by atoms with Gasteiger partial charge in [-0.1, -0.05) is 57.9 Å². The molecule has 0 fully saturated rings. The quantitative estimate of drug-likeness (QED) is 0.334. The molecule has 3 rings (SSSR count). The summed E-state index contributed by atoms with van der Waals surface area (Å²) in [5.41, 5.74) is 3.25. The van der Waals surface area contributed by atoms with Gasteiger partial charge in [0, 0.05) is 21.6 Å². The average Bonchev–Trinajstić information content (AvgIpc) is 2.76. The highest BCUT2D eigenvalue weighted by molar-refractivity contribution is 9.10. The van der Waals surface area contributed by atoms with E-state index in [9.17, 15) is 10.1 Å². The molecule has 0 spiro atoms. The zero-order valence-corrected chi connectivity index (χ0v) is 18.5. The summed E-state index contributed by atoms with van der Waals surface area (Å²) in [6.07, 6.45) is 2.15. The molecule has 0 aromatic heterocycles. The van der Waals surface area contributed by atoms with Crippen molar-refractivity contribution in [2.24, 2.45) is 0 Å². The van der Waals surface area contributed by atoms with E-state index in [1.807, 2.05) is 54.6 Å². The van der Waals surface area contributed by atoms with Crippen molar-refractivity contribution in [3.63, 3.8) is 0 Å². The lowest BCUT2D eigenvalue weighted by Gasteiger charge is -2.11. The third kappa shape index (κ3) is 5.50. The first-order valence-corrected chi connectivity index (χ1v) is 10.3. The van der Waals surface area contributed by atoms with E-state index in [1.165, 1.54) is 6.08 Å². The lowest BCUT2D eigenvalue weighted by molar-refractivity contribution is -0.112. The molecular weight excluding hydrogens is 464 g/mol. The standard InChI is InChI=1S/C24H18BrClN2O2/c1-30-23-13-16(6-7-18(23)14-17-4-2-3-5-22(17)26)12-19(15-27)24(29)28-21-10-8-20(25)9-11-21/h2-13H,14H2,1H3,(H,28,29)/b19-12+. The summed E-state index contributed by atoms with van der Waals surface area (Å²) in [6.45, 7) is 0. The molecule has 0 atom stereocenters. The van der Waals surface area contributed by atoms with Crippen LogP contribution >= 0.6 is 27.5 Å². The van der Waals surface area contributed by atoms with Crippen molar-refractivity contribution < 1.29 is 9.53 Å². The molecule has 1 amide bonds. The second-order valence-corrected chi connectivity index (χ2v) is 7.79. The molecule has 6 heteroatoms. The van der Waals surface area contributed by atoms with Gasteiger partial charge in [-0.05, 0) is 59.2 Å². The topological polar surface area (TPSA) is 62.1 Å². The second-order valence-electron chi connectivity index (χ2n) is 6.47. The summed E-state index contributed by atoms with van der Waals surface area (Å²) >= 11 is 9.61. The van der Waals surface area contributed by atoms with E-state index in [4.69, 9.17) is 16.3 Å². The number of nitriles is 1. The van der Waals surface area contributed by atoms with E-state index >= 15 is 0 Å². The molecule has 0 aliphatic rings. The zero-order valence-electron chi connectivity index (χ0n) is 16.2. The van der Waals surface area contributed by atoms with Crippen LogP contribution in [0.25, 0.3) is 6.08 Å². The fraction of sp³-hybridized carbons (Fsp3) is 0.0833. The number of methoxy groups -OCH3 is 1. The summed E-state index contributed by atoms with van der Waals surface area (Å²) in [6, 6.07) is 22.3. The maximum Gasteiger partial charge on any atom is 0.266 e. The largest absolute Gasteiger partial charge is 0.496 e. The van der Waals surface area contributed by atoms with Gasteiger partial charge in [0.05, 0.1) is 7.11 Å². The van der Waals surface area contributed by atoms with Crippen LogP contribution in [0.1, 0.15) is 16.7 Å². The lowest BCUT2D eigenvalue weighted by atomic mass is 10.0. The number of benzene rings is 3. The molecule has 0 bridgehead atoms. The Kier molecular flexibility index (Phi) is 7.29. The summed E-state index contributed by atoms with van der Waals surface area (Å²) < 4.78 is 6.42. The van der Waals surface area contributed by atoms with Crippen molar-refractivity contribution in [1.29, 1.82) is 5.26 Å². The van der Waals surface area contributed by atoms with Gasteiger partial charge in [0.25, 0.3) is 5.91 Å². The summed E-state index contributed by atoms with van der Waals surface area (Å²) in [7, 11) is 1.59. The van der Waals surface area contributed by atoms with Gasteiger partial charge in [-0.15, -0.1) is 0 Å². The minimum absolute atomic E-state index is 0.00109. The zero-order chi connectivity index (χ0) is 21.5. The van der Waals surface area contributed by atoms with Crippen LogP contribution in [0.15, 0.2) is 76.8 Å². The number of carbonyl (C=O) groups excluding carboxylic acids is 1. The normalized spacial score (nSPS) is 10.9. The molecule has 0 heterocycles. The smallest absolute Gasteiger partial charge is 0.266 e. The summed E-state index contributed by atoms with van der Waals surface area (Å²) in [5, 5.41) is 12.9. The van der Waals surface area contributed by atoms with Crippen molar-refractivity contribution in [3.8, 4) is 11.8 Å². The highest BCUT2D eigenvalue weighted by atomic mass is 79.9. The van der Waals surface area contributed by atoms with Crippen LogP contribution in [0, 0.1) is 11.3 Å². The Morgan fingerprint density at radius 3 is 2.53 bits per heavy atom. The highest BCUT2D eigenvalue weighted by Gasteiger charge is 2.12. The first kappa shape index (κ1) is 21.6. The van der Waals surface area contributed by atoms with E-state index in [0.717, 1.165) is 15.6 Å². The Hall–Kier alpha value is -3.07. The number of hydrogen-bond acceptors (Lipinski definition) is 3. The molecule has 3 aromatic rings. The molecule has 0 saturated heterocycles. The predicted octanol–water partition coefficient (Wildman–Crippen LogP) is 6.25. The minimum Gasteiger partial charge on any atom is -0.496 e.